The molecule has 102 valence electrons. The molecule has 0 aliphatic carbocycles. The minimum absolute atomic E-state index is 0.377. The Hall–Kier alpha value is -2.25. The second-order valence-electron chi connectivity index (χ2n) is 3.96. The highest BCUT2D eigenvalue weighted by molar-refractivity contribution is 7.98. The Morgan fingerprint density at radius 3 is 3.00 bits per heavy atom. The lowest BCUT2D eigenvalue weighted by Crippen LogP contribution is -2.30. The van der Waals surface area contributed by atoms with E-state index in [0.29, 0.717) is 27.9 Å². The Labute approximate surface area is 118 Å². The maximum atomic E-state index is 11.9. The van der Waals surface area contributed by atoms with Crippen LogP contribution in [-0.2, 0) is 5.75 Å². The molecule has 3 rings (SSSR count). The molecule has 6 nitrogen and oxygen atoms in total. The van der Waals surface area contributed by atoms with Gasteiger partial charge in [-0.1, -0.05) is 30.0 Å². The van der Waals surface area contributed by atoms with Crippen LogP contribution in [0.15, 0.2) is 50.8 Å². The number of benzene rings is 1. The predicted molar refractivity (Wildman–Crippen MR) is 73.9 cm³/mol. The number of carbonyl (C=O) groups excluding carboxylic acids is 1. The van der Waals surface area contributed by atoms with Crippen LogP contribution in [0.1, 0.15) is 16.1 Å². The van der Waals surface area contributed by atoms with Crippen molar-refractivity contribution in [2.24, 2.45) is 5.84 Å². The summed E-state index contributed by atoms with van der Waals surface area (Å²) < 4.78 is 10.9. The van der Waals surface area contributed by atoms with Gasteiger partial charge in [0.15, 0.2) is 0 Å². The summed E-state index contributed by atoms with van der Waals surface area (Å²) in [5.41, 5.74) is 3.24. The monoisotopic (exact) mass is 289 g/mol. The van der Waals surface area contributed by atoms with Gasteiger partial charge in [0.25, 0.3) is 11.1 Å². The Kier molecular flexibility index (Phi) is 3.44. The minimum atomic E-state index is -0.377. The second-order valence-corrected chi connectivity index (χ2v) is 4.88. The van der Waals surface area contributed by atoms with Crippen molar-refractivity contribution in [3.05, 3.63) is 48.0 Å². The molecule has 3 aromatic rings. The number of nitrogens with two attached hydrogens (primary N) is 1. The summed E-state index contributed by atoms with van der Waals surface area (Å²) in [5, 5.41) is 1.25. The van der Waals surface area contributed by atoms with E-state index in [1.54, 1.807) is 6.20 Å². The van der Waals surface area contributed by atoms with Crippen molar-refractivity contribution in [2.45, 2.75) is 11.0 Å². The third kappa shape index (κ3) is 2.28. The molecular weight excluding hydrogens is 278 g/mol. The van der Waals surface area contributed by atoms with Gasteiger partial charge in [-0.15, -0.1) is 0 Å². The van der Waals surface area contributed by atoms with Gasteiger partial charge in [-0.05, 0) is 6.07 Å². The highest BCUT2D eigenvalue weighted by Gasteiger charge is 2.20. The van der Waals surface area contributed by atoms with Crippen molar-refractivity contribution >= 4 is 28.6 Å². The molecule has 0 aliphatic rings. The van der Waals surface area contributed by atoms with Gasteiger partial charge in [0.05, 0.1) is 17.5 Å². The quantitative estimate of drug-likeness (QED) is 0.331. The van der Waals surface area contributed by atoms with Crippen molar-refractivity contribution in [2.75, 3.05) is 0 Å². The second kappa shape index (κ2) is 5.40. The lowest BCUT2D eigenvalue weighted by Gasteiger charge is -2.00. The zero-order valence-corrected chi connectivity index (χ0v) is 11.1. The summed E-state index contributed by atoms with van der Waals surface area (Å²) >= 11 is 1.35. The number of nitrogens with zero attached hydrogens (tertiary/aromatic N) is 1. The van der Waals surface area contributed by atoms with Gasteiger partial charge in [0.1, 0.15) is 17.6 Å². The van der Waals surface area contributed by atoms with Gasteiger partial charge in [-0.25, -0.2) is 10.8 Å². The Balaban J connectivity index is 1.98. The van der Waals surface area contributed by atoms with Crippen LogP contribution in [0.5, 0.6) is 0 Å². The molecule has 0 unspecified atom stereocenters. The molecule has 0 atom stereocenters. The van der Waals surface area contributed by atoms with Gasteiger partial charge in [0.2, 0.25) is 0 Å². The minimum Gasteiger partial charge on any atom is -0.459 e. The largest absolute Gasteiger partial charge is 0.459 e. The Morgan fingerprint density at radius 1 is 1.40 bits per heavy atom. The normalized spacial score (nSPS) is 10.8. The van der Waals surface area contributed by atoms with Crippen molar-refractivity contribution in [1.29, 1.82) is 0 Å². The number of hydrogen-bond donors (Lipinski definition) is 2. The fourth-order valence-corrected chi connectivity index (χ4v) is 2.64. The number of hydrogen-bond acceptors (Lipinski definition) is 6. The van der Waals surface area contributed by atoms with Gasteiger partial charge >= 0.3 is 0 Å². The smallest absolute Gasteiger partial charge is 0.269 e. The number of amides is 1. The molecule has 2 heterocycles. The third-order valence-electron chi connectivity index (χ3n) is 2.76. The summed E-state index contributed by atoms with van der Waals surface area (Å²) in [7, 11) is 0. The summed E-state index contributed by atoms with van der Waals surface area (Å²) in [4.78, 5) is 15.9. The van der Waals surface area contributed by atoms with Crippen LogP contribution in [0, 0.1) is 0 Å². The molecule has 0 aliphatic heterocycles. The van der Waals surface area contributed by atoms with Crippen LogP contribution in [0.25, 0.3) is 11.0 Å². The lowest BCUT2D eigenvalue weighted by atomic mass is 10.1. The molecule has 0 saturated carbocycles. The first-order valence-corrected chi connectivity index (χ1v) is 6.82. The van der Waals surface area contributed by atoms with Crippen molar-refractivity contribution < 1.29 is 13.6 Å². The van der Waals surface area contributed by atoms with Crippen LogP contribution in [0.2, 0.25) is 0 Å². The summed E-state index contributed by atoms with van der Waals surface area (Å²) in [6.07, 6.45) is 3.06. The molecule has 7 heteroatoms. The molecule has 0 fully saturated rings. The van der Waals surface area contributed by atoms with E-state index in [4.69, 9.17) is 14.7 Å². The molecule has 0 radical (unpaired) electrons. The third-order valence-corrected chi connectivity index (χ3v) is 3.62. The van der Waals surface area contributed by atoms with E-state index in [1.165, 1.54) is 18.0 Å². The number of fused-ring (bicyclic) bond motifs is 1. The number of rotatable bonds is 4. The Bertz CT molecular complexity index is 736. The van der Waals surface area contributed by atoms with E-state index in [1.807, 2.05) is 24.3 Å². The van der Waals surface area contributed by atoms with Crippen LogP contribution in [0.3, 0.4) is 0 Å². The zero-order valence-electron chi connectivity index (χ0n) is 10.3. The first kappa shape index (κ1) is 12.8. The number of nitrogens with one attached hydrogen (secondary N) is 1. The number of nitrogen functional groups attached to an aromatic ring is 1. The van der Waals surface area contributed by atoms with E-state index >= 15 is 0 Å². The summed E-state index contributed by atoms with van der Waals surface area (Å²) in [6, 6.07) is 7.32. The van der Waals surface area contributed by atoms with Crippen LogP contribution in [-0.4, -0.2) is 10.9 Å². The molecule has 0 saturated heterocycles. The molecule has 1 amide bonds. The van der Waals surface area contributed by atoms with Gasteiger partial charge < -0.3 is 8.83 Å². The van der Waals surface area contributed by atoms with Crippen LogP contribution in [0.4, 0.5) is 0 Å². The molecule has 3 N–H and O–H groups in total. The molecular formula is C13H11N3O3S. The number of hydrazine groups is 1. The fraction of sp³-hybridized carbons (Fsp3) is 0.0769. The van der Waals surface area contributed by atoms with Gasteiger partial charge in [-0.3, -0.25) is 10.2 Å². The van der Waals surface area contributed by atoms with Crippen LogP contribution >= 0.6 is 11.8 Å². The highest BCUT2D eigenvalue weighted by Crippen LogP contribution is 2.30. The van der Waals surface area contributed by atoms with E-state index in [9.17, 15) is 4.79 Å². The van der Waals surface area contributed by atoms with Crippen molar-refractivity contribution in [1.82, 2.24) is 10.4 Å². The topological polar surface area (TPSA) is 94.3 Å². The maximum Gasteiger partial charge on any atom is 0.269 e. The molecule has 1 aromatic carbocycles. The van der Waals surface area contributed by atoms with E-state index in [0.717, 1.165) is 5.39 Å². The number of oxazole rings is 1. The fourth-order valence-electron chi connectivity index (χ4n) is 1.93. The number of furan rings is 1. The summed E-state index contributed by atoms with van der Waals surface area (Å²) in [6.45, 7) is 0. The zero-order chi connectivity index (χ0) is 13.9. The number of aromatic nitrogens is 1. The summed E-state index contributed by atoms with van der Waals surface area (Å²) in [5.74, 6) is 5.83. The molecule has 0 spiro atoms. The molecule has 0 bridgehead atoms. The molecule has 2 aromatic heterocycles. The van der Waals surface area contributed by atoms with Gasteiger partial charge in [0, 0.05) is 5.39 Å². The lowest BCUT2D eigenvalue weighted by molar-refractivity contribution is 0.0953. The van der Waals surface area contributed by atoms with Crippen LogP contribution < -0.4 is 11.3 Å². The van der Waals surface area contributed by atoms with Gasteiger partial charge in [-0.2, -0.15) is 0 Å². The number of para-hydroxylation sites is 1. The SMILES string of the molecule is NNC(=O)c1c(CSc2ncco2)oc2ccccc12. The Morgan fingerprint density at radius 2 is 2.25 bits per heavy atom. The van der Waals surface area contributed by atoms with E-state index in [-0.39, 0.29) is 5.91 Å². The highest BCUT2D eigenvalue weighted by atomic mass is 32.2. The standard InChI is InChI=1S/C13H11N3O3S/c14-16-12(17)11-8-3-1-2-4-9(8)19-10(11)7-20-13-15-5-6-18-13/h1-6H,7,14H2,(H,16,17). The number of carbonyl (C=O) groups is 1. The van der Waals surface area contributed by atoms with E-state index < -0.39 is 0 Å². The maximum absolute atomic E-state index is 11.9. The average Bonchev–Trinajstić information content (AvgIpc) is 3.11. The first-order valence-electron chi connectivity index (χ1n) is 5.83. The van der Waals surface area contributed by atoms with Crippen molar-refractivity contribution in [3.8, 4) is 0 Å². The van der Waals surface area contributed by atoms with Crippen molar-refractivity contribution in [3.63, 3.8) is 0 Å². The first-order chi connectivity index (χ1) is 9.79. The molecule has 20 heavy (non-hydrogen) atoms. The average molecular weight is 289 g/mol. The number of thioether (sulfide) groups is 1. The predicted octanol–water partition coefficient (Wildman–Crippen LogP) is 2.32. The van der Waals surface area contributed by atoms with E-state index in [2.05, 4.69) is 10.4 Å².